The maximum atomic E-state index is 12.4. The Morgan fingerprint density at radius 1 is 0.933 bits per heavy atom. The fourth-order valence-electron chi connectivity index (χ4n) is 3.50. The molecule has 30 heavy (non-hydrogen) atoms. The Kier molecular flexibility index (Phi) is 8.74. The maximum absolute atomic E-state index is 12.4. The second-order valence-electron chi connectivity index (χ2n) is 7.06. The lowest BCUT2D eigenvalue weighted by Crippen LogP contribution is -2.60. The predicted octanol–water partition coefficient (Wildman–Crippen LogP) is 3.12. The lowest BCUT2D eigenvalue weighted by molar-refractivity contribution is -0.234. The zero-order chi connectivity index (χ0) is 21.3. The van der Waals surface area contributed by atoms with Crippen LogP contribution < -0.4 is 0 Å². The molecule has 0 amide bonds. The number of cyclic esters (lactones) is 1. The highest BCUT2D eigenvalue weighted by molar-refractivity contribution is 7.99. The van der Waals surface area contributed by atoms with E-state index in [0.29, 0.717) is 12.8 Å². The fraction of sp³-hybridized carbons (Fsp3) is 0.545. The molecule has 1 aromatic rings. The molecule has 5 atom stereocenters. The number of esters is 2. The first kappa shape index (κ1) is 22.8. The van der Waals surface area contributed by atoms with Crippen LogP contribution in [-0.2, 0) is 33.3 Å². The third-order valence-corrected chi connectivity index (χ3v) is 6.16. The van der Waals surface area contributed by atoms with Gasteiger partial charge >= 0.3 is 11.9 Å². The van der Waals surface area contributed by atoms with E-state index in [0.717, 1.165) is 4.90 Å². The van der Waals surface area contributed by atoms with E-state index >= 15 is 0 Å². The van der Waals surface area contributed by atoms with Crippen LogP contribution in [0.3, 0.4) is 0 Å². The van der Waals surface area contributed by atoms with Crippen LogP contribution in [0.15, 0.2) is 47.4 Å². The van der Waals surface area contributed by atoms with Crippen molar-refractivity contribution in [1.82, 2.24) is 0 Å². The summed E-state index contributed by atoms with van der Waals surface area (Å²) in [5, 5.41) is 0. The van der Waals surface area contributed by atoms with Gasteiger partial charge in [-0.3, -0.25) is 9.59 Å². The summed E-state index contributed by atoms with van der Waals surface area (Å²) in [6.45, 7) is -0.0252. The molecule has 2 aliphatic rings. The van der Waals surface area contributed by atoms with Crippen LogP contribution in [0.1, 0.15) is 25.7 Å². The lowest BCUT2D eigenvalue weighted by Gasteiger charge is -2.44. The Bertz CT molecular complexity index is 723. The second kappa shape index (κ2) is 11.5. The normalized spacial score (nSPS) is 31.9. The molecule has 0 saturated carbocycles. The van der Waals surface area contributed by atoms with Crippen LogP contribution >= 0.6 is 11.8 Å². The molecular formula is C22H28O7S. The van der Waals surface area contributed by atoms with Crippen molar-refractivity contribution >= 4 is 23.7 Å². The number of hydrogen-bond donors (Lipinski definition) is 0. The van der Waals surface area contributed by atoms with Crippen LogP contribution in [0.2, 0.25) is 0 Å². The maximum Gasteiger partial charge on any atom is 0.306 e. The topological polar surface area (TPSA) is 80.3 Å². The largest absolute Gasteiger partial charge is 0.463 e. The molecule has 164 valence electrons. The van der Waals surface area contributed by atoms with E-state index in [-0.39, 0.29) is 31.4 Å². The summed E-state index contributed by atoms with van der Waals surface area (Å²) in [5.41, 5.74) is -0.432. The molecule has 8 heteroatoms. The molecule has 1 fully saturated rings. The Balaban J connectivity index is 1.83. The van der Waals surface area contributed by atoms with Gasteiger partial charge in [0, 0.05) is 32.0 Å². The molecule has 2 heterocycles. The summed E-state index contributed by atoms with van der Waals surface area (Å²) in [5.74, 6) is -0.669. The van der Waals surface area contributed by atoms with Crippen molar-refractivity contribution < 1.29 is 33.3 Å². The summed E-state index contributed by atoms with van der Waals surface area (Å²) in [7, 11) is 3.12. The monoisotopic (exact) mass is 436 g/mol. The average molecular weight is 437 g/mol. The van der Waals surface area contributed by atoms with Gasteiger partial charge in [-0.1, -0.05) is 42.1 Å². The Morgan fingerprint density at radius 3 is 2.27 bits per heavy atom. The number of thioether (sulfide) groups is 1. The number of carbonyl (C=O) groups excluding carboxylic acids is 2. The molecule has 0 bridgehead atoms. The SMILES string of the molecule is CO[C@@H]1[C@@H](OC)[C@H](Sc2ccccc2)O[C@@H]2COC(=O)CC/C=C/CCC(=O)O[C@@H]12. The summed E-state index contributed by atoms with van der Waals surface area (Å²) >= 11 is 1.49. The third-order valence-electron chi connectivity index (χ3n) is 5.00. The van der Waals surface area contributed by atoms with E-state index in [2.05, 4.69) is 0 Å². The van der Waals surface area contributed by atoms with Crippen molar-refractivity contribution in [2.24, 2.45) is 0 Å². The average Bonchev–Trinajstić information content (AvgIpc) is 2.76. The molecule has 0 aliphatic carbocycles. The summed E-state index contributed by atoms with van der Waals surface area (Å²) in [4.78, 5) is 25.5. The zero-order valence-electron chi connectivity index (χ0n) is 17.2. The number of carbonyl (C=O) groups is 2. The molecule has 0 spiro atoms. The van der Waals surface area contributed by atoms with Gasteiger partial charge in [-0.2, -0.15) is 0 Å². The number of benzene rings is 1. The van der Waals surface area contributed by atoms with Crippen LogP contribution in [0.25, 0.3) is 0 Å². The van der Waals surface area contributed by atoms with E-state index in [4.69, 9.17) is 23.7 Å². The Morgan fingerprint density at radius 2 is 1.60 bits per heavy atom. The van der Waals surface area contributed by atoms with Crippen molar-refractivity contribution in [3.63, 3.8) is 0 Å². The standard InChI is InChI=1S/C22H28O7S/c1-25-20-19-16(14-27-17(23)12-8-3-4-9-13-18(24)29-19)28-22(21(20)26-2)30-15-10-6-5-7-11-15/h3-7,10-11,16,19-22H,8-9,12-14H2,1-2H3/b4-3+/t16-,19-,20+,21-,22+/m1/s1. The van der Waals surface area contributed by atoms with Crippen molar-refractivity contribution in [1.29, 1.82) is 0 Å². The van der Waals surface area contributed by atoms with Crippen molar-refractivity contribution in [2.45, 2.75) is 60.4 Å². The number of methoxy groups -OCH3 is 2. The van der Waals surface area contributed by atoms with Crippen LogP contribution in [0.4, 0.5) is 0 Å². The highest BCUT2D eigenvalue weighted by Gasteiger charge is 2.49. The molecule has 1 aromatic carbocycles. The lowest BCUT2D eigenvalue weighted by atomic mass is 9.99. The number of hydrogen-bond acceptors (Lipinski definition) is 8. The minimum atomic E-state index is -0.752. The van der Waals surface area contributed by atoms with Crippen LogP contribution in [0, 0.1) is 0 Å². The van der Waals surface area contributed by atoms with Gasteiger partial charge in [0.1, 0.15) is 30.4 Å². The number of allylic oxidation sites excluding steroid dienone is 2. The zero-order valence-corrected chi connectivity index (χ0v) is 18.0. The van der Waals surface area contributed by atoms with Gasteiger partial charge in [-0.15, -0.1) is 0 Å². The minimum absolute atomic E-state index is 0.0252. The van der Waals surface area contributed by atoms with E-state index in [9.17, 15) is 9.59 Å². The van der Waals surface area contributed by atoms with E-state index in [1.54, 1.807) is 14.2 Å². The summed E-state index contributed by atoms with van der Waals surface area (Å²) in [6, 6.07) is 9.79. The number of ether oxygens (including phenoxy) is 5. The summed E-state index contributed by atoms with van der Waals surface area (Å²) in [6.07, 6.45) is 2.91. The molecule has 0 radical (unpaired) electrons. The molecule has 3 rings (SSSR count). The van der Waals surface area contributed by atoms with Gasteiger partial charge in [-0.25, -0.2) is 0 Å². The highest BCUT2D eigenvalue weighted by atomic mass is 32.2. The Labute approximate surface area is 181 Å². The van der Waals surface area contributed by atoms with Gasteiger partial charge in [-0.05, 0) is 25.0 Å². The second-order valence-corrected chi connectivity index (χ2v) is 8.23. The van der Waals surface area contributed by atoms with Gasteiger partial charge in [0.25, 0.3) is 0 Å². The first-order valence-corrected chi connectivity index (χ1v) is 10.9. The van der Waals surface area contributed by atoms with Crippen molar-refractivity contribution in [2.75, 3.05) is 20.8 Å². The molecule has 0 N–H and O–H groups in total. The number of fused-ring (bicyclic) bond motifs is 1. The highest BCUT2D eigenvalue weighted by Crippen LogP contribution is 2.37. The first-order valence-electron chi connectivity index (χ1n) is 10.0. The third kappa shape index (κ3) is 6.07. The van der Waals surface area contributed by atoms with E-state index < -0.39 is 29.9 Å². The van der Waals surface area contributed by atoms with E-state index in [1.165, 1.54) is 11.8 Å². The Hall–Kier alpha value is -1.87. The first-order chi connectivity index (χ1) is 14.6. The predicted molar refractivity (Wildman–Crippen MR) is 111 cm³/mol. The molecule has 0 unspecified atom stereocenters. The van der Waals surface area contributed by atoms with Crippen LogP contribution in [-0.4, -0.2) is 62.6 Å². The van der Waals surface area contributed by atoms with Crippen molar-refractivity contribution in [3.05, 3.63) is 42.5 Å². The molecule has 7 nitrogen and oxygen atoms in total. The molecule has 0 aromatic heterocycles. The fourth-order valence-corrected chi connectivity index (χ4v) is 4.68. The quantitative estimate of drug-likeness (QED) is 0.526. The number of rotatable bonds is 4. The van der Waals surface area contributed by atoms with E-state index in [1.807, 2.05) is 42.5 Å². The molecule has 2 aliphatic heterocycles. The molecular weight excluding hydrogens is 408 g/mol. The van der Waals surface area contributed by atoms with Gasteiger partial charge in [0.05, 0.1) is 0 Å². The minimum Gasteiger partial charge on any atom is -0.463 e. The smallest absolute Gasteiger partial charge is 0.306 e. The van der Waals surface area contributed by atoms with Gasteiger partial charge in [0.15, 0.2) is 6.10 Å². The van der Waals surface area contributed by atoms with Gasteiger partial charge < -0.3 is 23.7 Å². The van der Waals surface area contributed by atoms with Gasteiger partial charge in [0.2, 0.25) is 0 Å². The summed E-state index contributed by atoms with van der Waals surface area (Å²) < 4.78 is 28.8. The van der Waals surface area contributed by atoms with Crippen molar-refractivity contribution in [3.8, 4) is 0 Å². The van der Waals surface area contributed by atoms with Crippen LogP contribution in [0.5, 0.6) is 0 Å². The molecule has 1 saturated heterocycles.